The molecule has 0 fully saturated rings. The van der Waals surface area contributed by atoms with Crippen molar-refractivity contribution in [1.29, 1.82) is 0 Å². The first kappa shape index (κ1) is 22.5. The van der Waals surface area contributed by atoms with Gasteiger partial charge in [-0.2, -0.15) is 0 Å². The standard InChI is InChI=1S/C20H13F2N3O6S2/c21-11-5-6-14(22)13(7-11)15-10-32-20(23-15)24-17(26)9-31-18(27)8-25-19(28)12-3-1-2-4-16(12)33(25,29)30/h1-7,10H,8-9H2,(H,23,24,26). The summed E-state index contributed by atoms with van der Waals surface area (Å²) in [5, 5.41) is 3.78. The maximum absolute atomic E-state index is 13.9. The summed E-state index contributed by atoms with van der Waals surface area (Å²) < 4.78 is 57.2. The van der Waals surface area contributed by atoms with Crippen molar-refractivity contribution in [3.63, 3.8) is 0 Å². The number of nitrogens with one attached hydrogen (secondary N) is 1. The van der Waals surface area contributed by atoms with E-state index in [2.05, 4.69) is 10.3 Å². The lowest BCUT2D eigenvalue weighted by Gasteiger charge is -2.14. The van der Waals surface area contributed by atoms with Crippen LogP contribution >= 0.6 is 11.3 Å². The lowest BCUT2D eigenvalue weighted by molar-refractivity contribution is -0.147. The van der Waals surface area contributed by atoms with Gasteiger partial charge >= 0.3 is 5.97 Å². The van der Waals surface area contributed by atoms with Crippen LogP contribution in [0.25, 0.3) is 11.3 Å². The number of hydrogen-bond acceptors (Lipinski definition) is 8. The number of fused-ring (bicyclic) bond motifs is 1. The molecule has 33 heavy (non-hydrogen) atoms. The number of hydrogen-bond donors (Lipinski definition) is 1. The van der Waals surface area contributed by atoms with Crippen LogP contribution in [0.2, 0.25) is 0 Å². The van der Waals surface area contributed by atoms with Crippen molar-refractivity contribution >= 4 is 44.3 Å². The van der Waals surface area contributed by atoms with Gasteiger partial charge in [0.25, 0.3) is 21.8 Å². The second kappa shape index (κ2) is 8.67. The van der Waals surface area contributed by atoms with Crippen molar-refractivity contribution in [3.05, 3.63) is 65.0 Å². The van der Waals surface area contributed by atoms with Crippen molar-refractivity contribution in [2.24, 2.45) is 0 Å². The van der Waals surface area contributed by atoms with E-state index in [-0.39, 0.29) is 26.8 Å². The lowest BCUT2D eigenvalue weighted by atomic mass is 10.1. The van der Waals surface area contributed by atoms with Gasteiger partial charge in [-0.1, -0.05) is 12.1 Å². The predicted octanol–water partition coefficient (Wildman–Crippen LogP) is 2.41. The van der Waals surface area contributed by atoms with Crippen LogP contribution in [0, 0.1) is 11.6 Å². The molecule has 1 N–H and O–H groups in total. The van der Waals surface area contributed by atoms with Gasteiger partial charge in [0, 0.05) is 10.9 Å². The fraction of sp³-hybridized carbons (Fsp3) is 0.100. The number of benzene rings is 2. The highest BCUT2D eigenvalue weighted by Crippen LogP contribution is 2.30. The number of amides is 2. The number of aromatic nitrogens is 1. The summed E-state index contributed by atoms with van der Waals surface area (Å²) >= 11 is 0.936. The Morgan fingerprint density at radius 3 is 2.64 bits per heavy atom. The van der Waals surface area contributed by atoms with Gasteiger partial charge in [-0.05, 0) is 30.3 Å². The number of anilines is 1. The lowest BCUT2D eigenvalue weighted by Crippen LogP contribution is -2.36. The smallest absolute Gasteiger partial charge is 0.327 e. The van der Waals surface area contributed by atoms with Gasteiger partial charge in [0.2, 0.25) is 0 Å². The molecule has 0 saturated carbocycles. The van der Waals surface area contributed by atoms with E-state index in [1.807, 2.05) is 0 Å². The number of carbonyl (C=O) groups is 3. The topological polar surface area (TPSA) is 123 Å². The highest BCUT2D eigenvalue weighted by Gasteiger charge is 2.42. The van der Waals surface area contributed by atoms with Crippen molar-refractivity contribution in [1.82, 2.24) is 9.29 Å². The molecule has 0 bridgehead atoms. The molecule has 3 aromatic rings. The first-order valence-electron chi connectivity index (χ1n) is 9.19. The highest BCUT2D eigenvalue weighted by atomic mass is 32.2. The minimum atomic E-state index is -4.19. The molecule has 2 heterocycles. The molecule has 13 heteroatoms. The Bertz CT molecular complexity index is 1390. The third kappa shape index (κ3) is 4.45. The van der Waals surface area contributed by atoms with E-state index in [9.17, 15) is 31.6 Å². The molecule has 170 valence electrons. The summed E-state index contributed by atoms with van der Waals surface area (Å²) in [6.07, 6.45) is 0. The summed E-state index contributed by atoms with van der Waals surface area (Å²) in [7, 11) is -4.19. The summed E-state index contributed by atoms with van der Waals surface area (Å²) in [5.74, 6) is -4.13. The van der Waals surface area contributed by atoms with Gasteiger partial charge in [-0.15, -0.1) is 11.3 Å². The van der Waals surface area contributed by atoms with Gasteiger partial charge in [-0.3, -0.25) is 19.7 Å². The number of sulfonamides is 1. The Hall–Kier alpha value is -3.71. The SMILES string of the molecule is O=C(COC(=O)CN1C(=O)c2ccccc2S1(=O)=O)Nc1nc(-c2cc(F)ccc2F)cs1. The summed E-state index contributed by atoms with van der Waals surface area (Å²) in [4.78, 5) is 40.2. The van der Waals surface area contributed by atoms with Crippen molar-refractivity contribution in [2.45, 2.75) is 4.90 Å². The van der Waals surface area contributed by atoms with E-state index >= 15 is 0 Å². The van der Waals surface area contributed by atoms with Crippen LogP contribution in [0.5, 0.6) is 0 Å². The van der Waals surface area contributed by atoms with Crippen LogP contribution in [0.4, 0.5) is 13.9 Å². The number of esters is 1. The van der Waals surface area contributed by atoms with Crippen LogP contribution in [-0.4, -0.2) is 48.6 Å². The van der Waals surface area contributed by atoms with Crippen molar-refractivity contribution in [3.8, 4) is 11.3 Å². The molecule has 4 rings (SSSR count). The van der Waals surface area contributed by atoms with E-state index < -0.39 is 52.6 Å². The normalized spacial score (nSPS) is 14.1. The van der Waals surface area contributed by atoms with Gasteiger partial charge in [0.1, 0.15) is 23.1 Å². The highest BCUT2D eigenvalue weighted by molar-refractivity contribution is 7.90. The number of halogens is 2. The van der Waals surface area contributed by atoms with Gasteiger partial charge in [0.15, 0.2) is 11.7 Å². The Kier molecular flexibility index (Phi) is 5.91. The average molecular weight is 493 g/mol. The van der Waals surface area contributed by atoms with Crippen LogP contribution in [0.15, 0.2) is 52.7 Å². The van der Waals surface area contributed by atoms with E-state index in [0.29, 0.717) is 4.31 Å². The molecule has 0 radical (unpaired) electrons. The minimum absolute atomic E-state index is 0.0439. The third-order valence-electron chi connectivity index (χ3n) is 4.50. The number of thiazole rings is 1. The van der Waals surface area contributed by atoms with Gasteiger partial charge < -0.3 is 4.74 Å². The molecule has 1 aromatic heterocycles. The number of rotatable bonds is 6. The molecule has 9 nitrogen and oxygen atoms in total. The first-order valence-corrected chi connectivity index (χ1v) is 11.5. The second-order valence-corrected chi connectivity index (χ2v) is 9.37. The monoisotopic (exact) mass is 493 g/mol. The zero-order valence-electron chi connectivity index (χ0n) is 16.4. The quantitative estimate of drug-likeness (QED) is 0.523. The molecular weight excluding hydrogens is 480 g/mol. The zero-order chi connectivity index (χ0) is 23.8. The summed E-state index contributed by atoms with van der Waals surface area (Å²) in [6, 6.07) is 8.39. The third-order valence-corrected chi connectivity index (χ3v) is 7.05. The summed E-state index contributed by atoms with van der Waals surface area (Å²) in [5.41, 5.74) is -0.0466. The molecule has 0 saturated heterocycles. The van der Waals surface area contributed by atoms with Crippen molar-refractivity contribution < 1.29 is 36.3 Å². The van der Waals surface area contributed by atoms with E-state index in [0.717, 1.165) is 29.5 Å². The Morgan fingerprint density at radius 2 is 1.88 bits per heavy atom. The van der Waals surface area contributed by atoms with Crippen LogP contribution in [0.3, 0.4) is 0 Å². The maximum atomic E-state index is 13.9. The average Bonchev–Trinajstić information content (AvgIpc) is 3.31. The molecule has 2 amide bonds. The molecule has 1 aliphatic heterocycles. The van der Waals surface area contributed by atoms with Crippen LogP contribution in [-0.2, 0) is 24.3 Å². The maximum Gasteiger partial charge on any atom is 0.327 e. The molecule has 2 aromatic carbocycles. The fourth-order valence-electron chi connectivity index (χ4n) is 3.00. The molecule has 0 aliphatic carbocycles. The molecule has 1 aliphatic rings. The van der Waals surface area contributed by atoms with Crippen molar-refractivity contribution in [2.75, 3.05) is 18.5 Å². The van der Waals surface area contributed by atoms with E-state index in [1.54, 1.807) is 0 Å². The first-order chi connectivity index (χ1) is 15.7. The number of ether oxygens (including phenoxy) is 1. The predicted molar refractivity (Wildman–Crippen MR) is 112 cm³/mol. The molecule has 0 unspecified atom stereocenters. The molecule has 0 atom stereocenters. The van der Waals surface area contributed by atoms with Gasteiger partial charge in [0.05, 0.1) is 11.3 Å². The zero-order valence-corrected chi connectivity index (χ0v) is 18.1. The van der Waals surface area contributed by atoms with E-state index in [4.69, 9.17) is 4.74 Å². The minimum Gasteiger partial charge on any atom is -0.454 e. The Labute approximate surface area is 189 Å². The Balaban J connectivity index is 1.34. The Morgan fingerprint density at radius 1 is 1.12 bits per heavy atom. The van der Waals surface area contributed by atoms with Crippen LogP contribution < -0.4 is 5.32 Å². The molecular formula is C20H13F2N3O6S2. The van der Waals surface area contributed by atoms with Gasteiger partial charge in [-0.25, -0.2) is 26.5 Å². The fourth-order valence-corrected chi connectivity index (χ4v) is 5.24. The number of carbonyl (C=O) groups excluding carboxylic acids is 3. The van der Waals surface area contributed by atoms with E-state index in [1.165, 1.54) is 29.6 Å². The molecule has 0 spiro atoms. The largest absolute Gasteiger partial charge is 0.454 e. The number of nitrogens with zero attached hydrogens (tertiary/aromatic N) is 2. The summed E-state index contributed by atoms with van der Waals surface area (Å²) in [6.45, 7) is -1.68. The van der Waals surface area contributed by atoms with Crippen LogP contribution in [0.1, 0.15) is 10.4 Å². The second-order valence-electron chi connectivity index (χ2n) is 6.68.